The minimum Gasteiger partial charge on any atom is -0.289 e. The Bertz CT molecular complexity index is 494. The van der Waals surface area contributed by atoms with Crippen LogP contribution >= 0.6 is 23.1 Å². The van der Waals surface area contributed by atoms with Crippen LogP contribution in [0.4, 0.5) is 0 Å². The second-order valence-corrected chi connectivity index (χ2v) is 6.60. The van der Waals surface area contributed by atoms with Gasteiger partial charge in [0.05, 0.1) is 11.7 Å². The molecule has 0 bridgehead atoms. The highest BCUT2D eigenvalue weighted by Crippen LogP contribution is 2.30. The Morgan fingerprint density at radius 1 is 1.44 bits per heavy atom. The van der Waals surface area contributed by atoms with Crippen molar-refractivity contribution in [2.75, 3.05) is 18.1 Å². The SMILES string of the molecule is Cn1cc([C@@H]2CSCCN2Cc2cncs2)cn1. The highest BCUT2D eigenvalue weighted by molar-refractivity contribution is 7.99. The van der Waals surface area contributed by atoms with E-state index >= 15 is 0 Å². The third-order valence-corrected chi connectivity index (χ3v) is 4.98. The summed E-state index contributed by atoms with van der Waals surface area (Å²) in [5, 5.41) is 4.29. The van der Waals surface area contributed by atoms with Gasteiger partial charge in [-0.15, -0.1) is 11.3 Å². The second kappa shape index (κ2) is 5.42. The molecule has 1 fully saturated rings. The number of thioether (sulfide) groups is 1. The Kier molecular flexibility index (Phi) is 3.67. The highest BCUT2D eigenvalue weighted by atomic mass is 32.2. The van der Waals surface area contributed by atoms with Gasteiger partial charge in [-0.3, -0.25) is 14.6 Å². The largest absolute Gasteiger partial charge is 0.289 e. The molecule has 0 amide bonds. The highest BCUT2D eigenvalue weighted by Gasteiger charge is 2.25. The maximum atomic E-state index is 4.29. The number of aryl methyl sites for hydroxylation is 1. The third-order valence-electron chi connectivity index (χ3n) is 3.19. The number of nitrogens with zero attached hydrogens (tertiary/aromatic N) is 4. The smallest absolute Gasteiger partial charge is 0.0794 e. The molecule has 3 heterocycles. The van der Waals surface area contributed by atoms with E-state index in [1.165, 1.54) is 16.2 Å². The monoisotopic (exact) mass is 280 g/mol. The summed E-state index contributed by atoms with van der Waals surface area (Å²) in [6.45, 7) is 2.15. The summed E-state index contributed by atoms with van der Waals surface area (Å²) < 4.78 is 1.89. The summed E-state index contributed by atoms with van der Waals surface area (Å²) in [6, 6.07) is 0.486. The molecule has 1 atom stereocenters. The van der Waals surface area contributed by atoms with Crippen molar-refractivity contribution in [3.05, 3.63) is 34.5 Å². The topological polar surface area (TPSA) is 34.0 Å². The van der Waals surface area contributed by atoms with E-state index in [-0.39, 0.29) is 0 Å². The van der Waals surface area contributed by atoms with Gasteiger partial charge in [-0.05, 0) is 0 Å². The Labute approximate surface area is 115 Å². The minimum absolute atomic E-state index is 0.486. The lowest BCUT2D eigenvalue weighted by Gasteiger charge is -2.34. The third kappa shape index (κ3) is 2.60. The van der Waals surface area contributed by atoms with Crippen LogP contribution in [0.25, 0.3) is 0 Å². The van der Waals surface area contributed by atoms with Crippen LogP contribution in [0, 0.1) is 0 Å². The summed E-state index contributed by atoms with van der Waals surface area (Å²) >= 11 is 3.77. The van der Waals surface area contributed by atoms with E-state index in [9.17, 15) is 0 Å². The van der Waals surface area contributed by atoms with Crippen molar-refractivity contribution in [1.29, 1.82) is 0 Å². The van der Waals surface area contributed by atoms with Crippen molar-refractivity contribution in [1.82, 2.24) is 19.7 Å². The lowest BCUT2D eigenvalue weighted by atomic mass is 10.1. The maximum absolute atomic E-state index is 4.29. The van der Waals surface area contributed by atoms with Gasteiger partial charge in [0.1, 0.15) is 0 Å². The Morgan fingerprint density at radius 2 is 2.39 bits per heavy atom. The molecular weight excluding hydrogens is 264 g/mol. The van der Waals surface area contributed by atoms with Gasteiger partial charge in [0.2, 0.25) is 0 Å². The predicted octanol–water partition coefficient (Wildman–Crippen LogP) is 2.17. The Balaban J connectivity index is 1.77. The molecule has 96 valence electrons. The molecule has 0 saturated carbocycles. The van der Waals surface area contributed by atoms with Crippen LogP contribution in [-0.2, 0) is 13.6 Å². The first-order valence-electron chi connectivity index (χ1n) is 6.00. The predicted molar refractivity (Wildman–Crippen MR) is 75.8 cm³/mol. The molecule has 0 spiro atoms. The first kappa shape index (κ1) is 12.2. The molecule has 1 saturated heterocycles. The van der Waals surface area contributed by atoms with Crippen molar-refractivity contribution in [2.24, 2.45) is 7.05 Å². The summed E-state index contributed by atoms with van der Waals surface area (Å²) in [7, 11) is 1.98. The number of hydrogen-bond acceptors (Lipinski definition) is 5. The average molecular weight is 280 g/mol. The van der Waals surface area contributed by atoms with E-state index in [1.54, 1.807) is 11.3 Å². The molecule has 2 aromatic heterocycles. The molecular formula is C12H16N4S2. The van der Waals surface area contributed by atoms with E-state index < -0.39 is 0 Å². The van der Waals surface area contributed by atoms with Gasteiger partial charge in [-0.25, -0.2) is 0 Å². The first-order chi connectivity index (χ1) is 8.83. The molecule has 18 heavy (non-hydrogen) atoms. The Hall–Kier alpha value is -0.850. The maximum Gasteiger partial charge on any atom is 0.0794 e. The van der Waals surface area contributed by atoms with Gasteiger partial charge in [0.25, 0.3) is 0 Å². The number of hydrogen-bond donors (Lipinski definition) is 0. The van der Waals surface area contributed by atoms with E-state index in [0.29, 0.717) is 6.04 Å². The zero-order valence-electron chi connectivity index (χ0n) is 10.3. The van der Waals surface area contributed by atoms with Crippen LogP contribution in [0.1, 0.15) is 16.5 Å². The van der Waals surface area contributed by atoms with Crippen molar-refractivity contribution < 1.29 is 0 Å². The van der Waals surface area contributed by atoms with Crippen molar-refractivity contribution >= 4 is 23.1 Å². The fourth-order valence-electron chi connectivity index (χ4n) is 2.27. The normalized spacial score (nSPS) is 21.3. The van der Waals surface area contributed by atoms with Gasteiger partial charge < -0.3 is 0 Å². The quantitative estimate of drug-likeness (QED) is 0.863. The van der Waals surface area contributed by atoms with E-state index in [1.807, 2.05) is 41.4 Å². The van der Waals surface area contributed by atoms with Crippen LogP contribution in [0.5, 0.6) is 0 Å². The van der Waals surface area contributed by atoms with Gasteiger partial charge in [-0.2, -0.15) is 16.9 Å². The summed E-state index contributed by atoms with van der Waals surface area (Å²) in [5.74, 6) is 2.38. The van der Waals surface area contributed by atoms with Crippen LogP contribution in [-0.4, -0.2) is 37.7 Å². The summed E-state index contributed by atoms with van der Waals surface area (Å²) in [4.78, 5) is 8.05. The minimum atomic E-state index is 0.486. The standard InChI is InChI=1S/C12H16N4S2/c1-15-6-10(4-14-15)12-8-17-3-2-16(12)7-11-5-13-9-18-11/h4-6,9,12H,2-3,7-8H2,1H3/t12-/m0/s1. The van der Waals surface area contributed by atoms with E-state index in [4.69, 9.17) is 0 Å². The van der Waals surface area contributed by atoms with Crippen LogP contribution < -0.4 is 0 Å². The molecule has 0 N–H and O–H groups in total. The Morgan fingerprint density at radius 3 is 3.11 bits per heavy atom. The van der Waals surface area contributed by atoms with Gasteiger partial charge in [0.15, 0.2) is 0 Å². The molecule has 0 unspecified atom stereocenters. The molecule has 0 aromatic carbocycles. The summed E-state index contributed by atoms with van der Waals surface area (Å²) in [6.07, 6.45) is 6.11. The fraction of sp³-hybridized carbons (Fsp3) is 0.500. The first-order valence-corrected chi connectivity index (χ1v) is 8.04. The van der Waals surface area contributed by atoms with Gasteiger partial charge in [0, 0.05) is 60.5 Å². The molecule has 0 radical (unpaired) electrons. The molecule has 2 aromatic rings. The van der Waals surface area contributed by atoms with Crippen molar-refractivity contribution in [3.63, 3.8) is 0 Å². The zero-order valence-corrected chi connectivity index (χ0v) is 12.0. The van der Waals surface area contributed by atoms with Crippen LogP contribution in [0.2, 0.25) is 0 Å². The lowest BCUT2D eigenvalue weighted by Crippen LogP contribution is -2.35. The molecule has 6 heteroatoms. The number of aromatic nitrogens is 3. The van der Waals surface area contributed by atoms with E-state index in [0.717, 1.165) is 18.8 Å². The van der Waals surface area contributed by atoms with Crippen LogP contribution in [0.3, 0.4) is 0 Å². The number of rotatable bonds is 3. The molecule has 4 nitrogen and oxygen atoms in total. The van der Waals surface area contributed by atoms with Gasteiger partial charge in [-0.1, -0.05) is 0 Å². The average Bonchev–Trinajstić information content (AvgIpc) is 3.02. The molecule has 1 aliphatic heterocycles. The zero-order chi connectivity index (χ0) is 12.4. The molecule has 0 aliphatic carbocycles. The fourth-order valence-corrected chi connectivity index (χ4v) is 4.04. The lowest BCUT2D eigenvalue weighted by molar-refractivity contribution is 0.214. The van der Waals surface area contributed by atoms with Crippen molar-refractivity contribution in [2.45, 2.75) is 12.6 Å². The van der Waals surface area contributed by atoms with Crippen LogP contribution in [0.15, 0.2) is 24.1 Å². The van der Waals surface area contributed by atoms with E-state index in [2.05, 4.69) is 21.2 Å². The number of thiazole rings is 1. The molecule has 3 rings (SSSR count). The summed E-state index contributed by atoms with van der Waals surface area (Å²) in [5.41, 5.74) is 3.24. The molecule has 1 aliphatic rings. The second-order valence-electron chi connectivity index (χ2n) is 4.48. The van der Waals surface area contributed by atoms with Gasteiger partial charge >= 0.3 is 0 Å². The van der Waals surface area contributed by atoms with Crippen molar-refractivity contribution in [3.8, 4) is 0 Å².